The molecule has 2 heterocycles. The van der Waals surface area contributed by atoms with Crippen LogP contribution < -0.4 is 10.6 Å². The lowest BCUT2D eigenvalue weighted by Gasteiger charge is -2.47. The second-order valence-electron chi connectivity index (χ2n) is 21.9. The zero-order valence-electron chi connectivity index (χ0n) is 49.8. The lowest BCUT2D eigenvalue weighted by molar-refractivity contribution is -0.308. The SMILES string of the molecule is CC(=O)O[C@@H]1[C@@H](N=[N+]=[N-])[C@@H](O[C@H](C)[C@H](NC(=O)OCC2c3ccccc3-c3ccccc32)C(=O)OC(C)(C)C)O[C@H](CO[C@@H]2O[C@H](COC(=O)c3ccccc3)[C@@H](OC(=O)c3ccccc3)[C@H](OC(=O)c3ccccc3)[C@H]2NC(=O)OCC(Cl)(Cl)Cl)[C@@H]1OC(C)=O. The van der Waals surface area contributed by atoms with Gasteiger partial charge in [0.2, 0.25) is 3.79 Å². The summed E-state index contributed by atoms with van der Waals surface area (Å²) in [5.74, 6) is -6.29. The molecule has 0 radical (unpaired) electrons. The van der Waals surface area contributed by atoms with Crippen LogP contribution in [-0.2, 0) is 71.2 Å². The van der Waals surface area contributed by atoms with Gasteiger partial charge in [0, 0.05) is 24.7 Å². The number of hydrogen-bond donors (Lipinski definition) is 2. The molecular formula is C63H64Cl3N5O20. The molecule has 482 valence electrons. The van der Waals surface area contributed by atoms with Crippen LogP contribution in [-0.4, -0.2) is 157 Å². The van der Waals surface area contributed by atoms with Crippen LogP contribution in [0.25, 0.3) is 21.6 Å². The van der Waals surface area contributed by atoms with E-state index in [4.69, 9.17) is 91.6 Å². The Bertz CT molecular complexity index is 3400. The van der Waals surface area contributed by atoms with Gasteiger partial charge in [0.15, 0.2) is 43.0 Å². The van der Waals surface area contributed by atoms with Crippen molar-refractivity contribution in [3.8, 4) is 11.1 Å². The Hall–Kier alpha value is -8.52. The Labute approximate surface area is 536 Å². The third-order valence-electron chi connectivity index (χ3n) is 14.1. The van der Waals surface area contributed by atoms with Gasteiger partial charge in [0.1, 0.15) is 49.7 Å². The van der Waals surface area contributed by atoms with Crippen LogP contribution >= 0.6 is 34.8 Å². The zero-order chi connectivity index (χ0) is 65.6. The highest BCUT2D eigenvalue weighted by Crippen LogP contribution is 2.45. The van der Waals surface area contributed by atoms with Crippen LogP contribution in [0.15, 0.2) is 145 Å². The maximum Gasteiger partial charge on any atom is 0.407 e. The average Bonchev–Trinajstić information content (AvgIpc) is 1.77. The highest BCUT2D eigenvalue weighted by Gasteiger charge is 2.55. The number of amides is 2. The van der Waals surface area contributed by atoms with Gasteiger partial charge >= 0.3 is 48.0 Å². The Kier molecular flexibility index (Phi) is 23.3. The summed E-state index contributed by atoms with van der Waals surface area (Å²) in [6.45, 7) is 5.46. The monoisotopic (exact) mass is 1320 g/mol. The van der Waals surface area contributed by atoms with Crippen LogP contribution in [0.4, 0.5) is 9.59 Å². The molecule has 91 heavy (non-hydrogen) atoms. The number of alkyl halides is 3. The first-order chi connectivity index (χ1) is 43.4. The number of fused-ring (bicyclic) bond motifs is 3. The molecule has 1 aliphatic carbocycles. The molecule has 28 heteroatoms. The lowest BCUT2D eigenvalue weighted by Crippen LogP contribution is -2.67. The fourth-order valence-corrected chi connectivity index (χ4v) is 10.4. The predicted molar refractivity (Wildman–Crippen MR) is 322 cm³/mol. The molecular weight excluding hydrogens is 1250 g/mol. The molecule has 12 atom stereocenters. The molecule has 8 rings (SSSR count). The molecule has 0 aromatic heterocycles. The number of ether oxygens (including phenoxy) is 12. The largest absolute Gasteiger partial charge is 0.459 e. The number of alkyl carbamates (subject to hydrolysis) is 2. The summed E-state index contributed by atoms with van der Waals surface area (Å²) < 4.78 is 70.0. The number of rotatable bonds is 22. The van der Waals surface area contributed by atoms with E-state index in [9.17, 15) is 43.9 Å². The van der Waals surface area contributed by atoms with Crippen LogP contribution in [0.1, 0.15) is 89.7 Å². The molecule has 0 spiro atoms. The molecule has 0 bridgehead atoms. The molecule has 25 nitrogen and oxygen atoms in total. The van der Waals surface area contributed by atoms with Crippen molar-refractivity contribution in [2.45, 2.75) is 130 Å². The van der Waals surface area contributed by atoms with Crippen molar-refractivity contribution in [2.75, 3.05) is 26.4 Å². The first-order valence-corrected chi connectivity index (χ1v) is 29.6. The highest BCUT2D eigenvalue weighted by molar-refractivity contribution is 6.67. The van der Waals surface area contributed by atoms with Gasteiger partial charge in [-0.2, -0.15) is 0 Å². The molecule has 2 saturated heterocycles. The number of carbonyl (C=O) groups excluding carboxylic acids is 8. The maximum atomic E-state index is 14.3. The van der Waals surface area contributed by atoms with E-state index in [1.807, 2.05) is 48.5 Å². The van der Waals surface area contributed by atoms with E-state index in [1.54, 1.807) is 63.2 Å². The fraction of sp³-hybridized carbons (Fsp3) is 0.397. The molecule has 2 aliphatic heterocycles. The average molecular weight is 1320 g/mol. The highest BCUT2D eigenvalue weighted by atomic mass is 35.6. The van der Waals surface area contributed by atoms with E-state index in [1.165, 1.54) is 55.5 Å². The van der Waals surface area contributed by atoms with Gasteiger partial charge in [0.05, 0.1) is 29.4 Å². The molecule has 2 amide bonds. The maximum absolute atomic E-state index is 14.3. The van der Waals surface area contributed by atoms with Gasteiger partial charge in [0.25, 0.3) is 0 Å². The molecule has 2 N–H and O–H groups in total. The van der Waals surface area contributed by atoms with Crippen molar-refractivity contribution < 1.29 is 95.2 Å². The minimum absolute atomic E-state index is 0.00416. The number of carbonyl (C=O) groups is 8. The summed E-state index contributed by atoms with van der Waals surface area (Å²) in [5, 5.41) is 8.87. The first kappa shape index (κ1) is 68.4. The van der Waals surface area contributed by atoms with E-state index in [2.05, 4.69) is 20.7 Å². The lowest BCUT2D eigenvalue weighted by atomic mass is 9.95. The number of hydrogen-bond acceptors (Lipinski definition) is 21. The minimum atomic E-state index is -2.16. The summed E-state index contributed by atoms with van der Waals surface area (Å²) in [6, 6.07) is 32.8. The van der Waals surface area contributed by atoms with Gasteiger partial charge in [-0.25, -0.2) is 28.8 Å². The van der Waals surface area contributed by atoms with Crippen LogP contribution in [0.2, 0.25) is 0 Å². The van der Waals surface area contributed by atoms with Gasteiger partial charge in [-0.3, -0.25) is 9.59 Å². The number of halogens is 3. The van der Waals surface area contributed by atoms with Crippen molar-refractivity contribution >= 4 is 82.8 Å². The van der Waals surface area contributed by atoms with E-state index in [0.29, 0.717) is 0 Å². The van der Waals surface area contributed by atoms with Crippen LogP contribution in [0.3, 0.4) is 0 Å². The minimum Gasteiger partial charge on any atom is -0.459 e. The Morgan fingerprint density at radius 2 is 1.07 bits per heavy atom. The summed E-state index contributed by atoms with van der Waals surface area (Å²) >= 11 is 17.9. The second-order valence-corrected chi connectivity index (χ2v) is 24.4. The van der Waals surface area contributed by atoms with Gasteiger partial charge in [-0.05, 0) is 91.9 Å². The molecule has 5 aromatic carbocycles. The van der Waals surface area contributed by atoms with E-state index >= 15 is 0 Å². The summed E-state index contributed by atoms with van der Waals surface area (Å²) in [7, 11) is 0. The third kappa shape index (κ3) is 18.6. The quantitative estimate of drug-likeness (QED) is 0.0163. The summed E-state index contributed by atoms with van der Waals surface area (Å²) in [4.78, 5) is 113. The van der Waals surface area contributed by atoms with E-state index in [0.717, 1.165) is 36.1 Å². The molecule has 0 unspecified atom stereocenters. The van der Waals surface area contributed by atoms with Gasteiger partial charge in [-0.15, -0.1) is 0 Å². The van der Waals surface area contributed by atoms with E-state index in [-0.39, 0.29) is 29.2 Å². The number of nitrogens with one attached hydrogen (secondary N) is 2. The van der Waals surface area contributed by atoms with Crippen LogP contribution in [0.5, 0.6) is 0 Å². The summed E-state index contributed by atoms with van der Waals surface area (Å²) in [5.41, 5.74) is 12.7. The molecule has 5 aromatic rings. The zero-order valence-corrected chi connectivity index (χ0v) is 52.0. The van der Waals surface area contributed by atoms with Crippen molar-refractivity contribution in [3.05, 3.63) is 178 Å². The van der Waals surface area contributed by atoms with Crippen molar-refractivity contribution in [3.63, 3.8) is 0 Å². The standard InChI is InChI=1S/C63H64Cl3N5O20/c1-34(47(57(77)91-62(4,5)6)68-60(78)82-30-44-42-28-18-16-26-40(42)41-27-17-19-29-43(41)44)84-59-49(70-71-67)53(86-36(3)73)50(85-35(2)72)46(88-59)32-81-58-48(69-61(79)83-33-63(64,65)66)52(90-56(76)39-24-14-9-15-25-39)51(89-55(75)38-22-12-8-13-23-38)45(87-58)31-80-54(74)37-20-10-7-11-21-37/h7-29,34,44-53,58-59H,30-33H2,1-6H3,(H,68,78)(H,69,79)/t34-,45-,46-,47+,48-,49-,50+,51-,52-,53-,58-,59+/m1/s1. The van der Waals surface area contributed by atoms with Gasteiger partial charge < -0.3 is 67.5 Å². The number of esters is 6. The van der Waals surface area contributed by atoms with Crippen molar-refractivity contribution in [1.82, 2.24) is 10.6 Å². The van der Waals surface area contributed by atoms with Gasteiger partial charge in [-0.1, -0.05) is 143 Å². The van der Waals surface area contributed by atoms with Crippen LogP contribution in [0, 0.1) is 0 Å². The topological polar surface area (TPSA) is 320 Å². The van der Waals surface area contributed by atoms with Crippen molar-refractivity contribution in [1.29, 1.82) is 0 Å². The molecule has 3 aliphatic rings. The Morgan fingerprint density at radius 3 is 1.59 bits per heavy atom. The second kappa shape index (κ2) is 31.0. The summed E-state index contributed by atoms with van der Waals surface area (Å²) in [6.07, 6.45) is -18.5. The Morgan fingerprint density at radius 1 is 0.582 bits per heavy atom. The number of benzene rings is 5. The smallest absolute Gasteiger partial charge is 0.407 e. The predicted octanol–water partition coefficient (Wildman–Crippen LogP) is 9.42. The number of azide groups is 1. The van der Waals surface area contributed by atoms with E-state index < -0.39 is 151 Å². The molecule has 2 fully saturated rings. The number of nitrogens with zero attached hydrogens (tertiary/aromatic N) is 3. The Balaban J connectivity index is 1.15. The fourth-order valence-electron chi connectivity index (χ4n) is 10.2. The third-order valence-corrected chi connectivity index (χ3v) is 14.4. The van der Waals surface area contributed by atoms with Crippen molar-refractivity contribution in [2.24, 2.45) is 5.11 Å². The first-order valence-electron chi connectivity index (χ1n) is 28.4. The molecule has 0 saturated carbocycles. The normalized spacial score (nSPS) is 22.5.